The molecule has 3 aromatic rings. The van der Waals surface area contributed by atoms with Gasteiger partial charge in [0.25, 0.3) is 0 Å². The highest BCUT2D eigenvalue weighted by Crippen LogP contribution is 2.30. The number of ketones is 1. The summed E-state index contributed by atoms with van der Waals surface area (Å²) in [6, 6.07) is 5.74. The lowest BCUT2D eigenvalue weighted by molar-refractivity contribution is 0.0833. The van der Waals surface area contributed by atoms with E-state index in [1.54, 1.807) is 0 Å². The molecular weight excluding hydrogens is 446 g/mol. The van der Waals surface area contributed by atoms with Gasteiger partial charge in [0.1, 0.15) is 5.82 Å². The molecule has 3 rings (SSSR count). The molecule has 2 N–H and O–H groups in total. The molecule has 0 aliphatic rings. The Morgan fingerprint density at radius 3 is 2.36 bits per heavy atom. The third-order valence-corrected chi connectivity index (χ3v) is 7.67. The fraction of sp³-hybridized carbons (Fsp3) is 0.633. The Labute approximate surface area is 217 Å². The number of H-pyrrole nitrogens is 1. The van der Waals surface area contributed by atoms with Gasteiger partial charge in [0.15, 0.2) is 17.4 Å². The van der Waals surface area contributed by atoms with Crippen LogP contribution in [0.5, 0.6) is 0 Å². The van der Waals surface area contributed by atoms with Gasteiger partial charge in [-0.15, -0.1) is 0 Å². The number of hydrogen-bond donors (Lipinski definition) is 2. The van der Waals surface area contributed by atoms with Crippen molar-refractivity contribution in [1.82, 2.24) is 19.5 Å². The normalized spacial score (nSPS) is 13.8. The molecule has 0 amide bonds. The number of aromatic amines is 1. The SMILES string of the molecule is CCCCCCCC(C)(CCCC)Nc1cn(C)c(-c2nc3ccc(C(=O)C(C)(C)CC)cc3[nH]2)n1. The molecule has 1 atom stereocenters. The summed E-state index contributed by atoms with van der Waals surface area (Å²) in [6.07, 6.45) is 14.0. The number of carbonyl (C=O) groups is 1. The van der Waals surface area contributed by atoms with Crippen LogP contribution in [-0.2, 0) is 7.05 Å². The first kappa shape index (κ1) is 27.9. The molecular formula is C30H47N5O. The standard InChI is InChI=1S/C30H47N5O/c1-8-11-13-14-15-19-30(6,18-12-9-2)34-25-21-35(7)28(33-25)27-31-23-17-16-22(20-24(23)32-27)26(36)29(4,5)10-3/h16-17,20-21,34H,8-15,18-19H2,1-7H3,(H,31,32). The summed E-state index contributed by atoms with van der Waals surface area (Å²) in [5.41, 5.74) is 2.08. The molecule has 1 unspecified atom stereocenters. The molecule has 0 saturated carbocycles. The van der Waals surface area contributed by atoms with E-state index >= 15 is 0 Å². The maximum absolute atomic E-state index is 13.0. The van der Waals surface area contributed by atoms with E-state index in [-0.39, 0.29) is 16.7 Å². The summed E-state index contributed by atoms with van der Waals surface area (Å²) in [5.74, 6) is 2.55. The number of hydrogen-bond acceptors (Lipinski definition) is 4. The molecule has 0 spiro atoms. The van der Waals surface area contributed by atoms with Crippen LogP contribution in [0.25, 0.3) is 22.7 Å². The molecule has 6 nitrogen and oxygen atoms in total. The van der Waals surface area contributed by atoms with Gasteiger partial charge in [-0.25, -0.2) is 9.97 Å². The Kier molecular flexibility index (Phi) is 9.37. The molecule has 0 saturated heterocycles. The fourth-order valence-electron chi connectivity index (χ4n) is 4.80. The highest BCUT2D eigenvalue weighted by molar-refractivity contribution is 6.02. The zero-order valence-electron chi connectivity index (χ0n) is 23.6. The second-order valence-electron chi connectivity index (χ2n) is 11.4. The maximum atomic E-state index is 13.0. The molecule has 36 heavy (non-hydrogen) atoms. The molecule has 2 heterocycles. The van der Waals surface area contributed by atoms with Crippen LogP contribution >= 0.6 is 0 Å². The molecule has 1 aromatic carbocycles. The first-order valence-electron chi connectivity index (χ1n) is 14.0. The van der Waals surface area contributed by atoms with Gasteiger partial charge in [-0.1, -0.05) is 79.6 Å². The van der Waals surface area contributed by atoms with Crippen molar-refractivity contribution in [2.45, 2.75) is 111 Å². The number of nitrogens with zero attached hydrogens (tertiary/aromatic N) is 3. The van der Waals surface area contributed by atoms with Crippen molar-refractivity contribution in [1.29, 1.82) is 0 Å². The van der Waals surface area contributed by atoms with E-state index in [1.165, 1.54) is 44.9 Å². The number of Topliss-reactive ketones (excluding diaryl/α,β-unsaturated/α-hetero) is 1. The van der Waals surface area contributed by atoms with Crippen molar-refractivity contribution >= 4 is 22.6 Å². The quantitative estimate of drug-likeness (QED) is 0.165. The molecule has 0 aliphatic heterocycles. The van der Waals surface area contributed by atoms with Gasteiger partial charge in [0, 0.05) is 29.8 Å². The van der Waals surface area contributed by atoms with Gasteiger partial charge in [0.05, 0.1) is 11.0 Å². The van der Waals surface area contributed by atoms with Crippen LogP contribution in [0.1, 0.15) is 116 Å². The van der Waals surface area contributed by atoms with Crippen LogP contribution in [0, 0.1) is 5.41 Å². The number of carbonyl (C=O) groups excluding carboxylic acids is 1. The Hall–Kier alpha value is -2.63. The second kappa shape index (κ2) is 12.1. The molecule has 0 bridgehead atoms. The second-order valence-corrected chi connectivity index (χ2v) is 11.4. The summed E-state index contributed by atoms with van der Waals surface area (Å²) in [4.78, 5) is 26.1. The van der Waals surface area contributed by atoms with Gasteiger partial charge in [-0.3, -0.25) is 4.79 Å². The van der Waals surface area contributed by atoms with E-state index in [2.05, 4.69) is 44.2 Å². The van der Waals surface area contributed by atoms with Crippen molar-refractivity contribution < 1.29 is 4.79 Å². The smallest absolute Gasteiger partial charge is 0.178 e. The van der Waals surface area contributed by atoms with Gasteiger partial charge >= 0.3 is 0 Å². The van der Waals surface area contributed by atoms with Gasteiger partial charge < -0.3 is 14.9 Å². The lowest BCUT2D eigenvalue weighted by Gasteiger charge is -2.31. The topological polar surface area (TPSA) is 75.6 Å². The molecule has 198 valence electrons. The predicted octanol–water partition coefficient (Wildman–Crippen LogP) is 8.30. The van der Waals surface area contributed by atoms with E-state index < -0.39 is 0 Å². The maximum Gasteiger partial charge on any atom is 0.178 e. The van der Waals surface area contributed by atoms with E-state index in [1.807, 2.05) is 43.7 Å². The molecule has 2 aromatic heterocycles. The Morgan fingerprint density at radius 1 is 0.972 bits per heavy atom. The van der Waals surface area contributed by atoms with Crippen molar-refractivity contribution in [3.8, 4) is 11.6 Å². The first-order chi connectivity index (χ1) is 17.1. The summed E-state index contributed by atoms with van der Waals surface area (Å²) in [5, 5.41) is 3.77. The van der Waals surface area contributed by atoms with Crippen molar-refractivity contribution in [2.75, 3.05) is 5.32 Å². The number of unbranched alkanes of at least 4 members (excludes halogenated alkanes) is 5. The van der Waals surface area contributed by atoms with E-state index in [0.29, 0.717) is 0 Å². The lowest BCUT2D eigenvalue weighted by Crippen LogP contribution is -2.35. The third-order valence-electron chi connectivity index (χ3n) is 7.67. The minimum absolute atomic E-state index is 0.0308. The molecule has 6 heteroatoms. The minimum atomic E-state index is -0.378. The Balaban J connectivity index is 1.80. The number of anilines is 1. The number of aromatic nitrogens is 4. The van der Waals surface area contributed by atoms with Crippen molar-refractivity contribution in [2.24, 2.45) is 12.5 Å². The molecule has 0 radical (unpaired) electrons. The van der Waals surface area contributed by atoms with Crippen molar-refractivity contribution in [3.63, 3.8) is 0 Å². The number of fused-ring (bicyclic) bond motifs is 1. The van der Waals surface area contributed by atoms with E-state index in [0.717, 1.165) is 53.3 Å². The number of benzene rings is 1. The number of rotatable bonds is 15. The van der Waals surface area contributed by atoms with E-state index in [9.17, 15) is 4.79 Å². The highest BCUT2D eigenvalue weighted by atomic mass is 16.1. The van der Waals surface area contributed by atoms with Crippen LogP contribution < -0.4 is 5.32 Å². The molecule has 0 aliphatic carbocycles. The summed E-state index contributed by atoms with van der Waals surface area (Å²) in [6.45, 7) is 12.9. The predicted molar refractivity (Wildman–Crippen MR) is 152 cm³/mol. The van der Waals surface area contributed by atoms with Crippen LogP contribution in [-0.4, -0.2) is 30.8 Å². The zero-order chi connectivity index (χ0) is 26.3. The average molecular weight is 494 g/mol. The van der Waals surface area contributed by atoms with Gasteiger partial charge in [-0.05, 0) is 44.4 Å². The zero-order valence-corrected chi connectivity index (χ0v) is 23.6. The summed E-state index contributed by atoms with van der Waals surface area (Å²) < 4.78 is 2.02. The number of imidazole rings is 2. The number of aryl methyl sites for hydroxylation is 1. The Bertz CT molecular complexity index is 1140. The highest BCUT2D eigenvalue weighted by Gasteiger charge is 2.27. The van der Waals surface area contributed by atoms with E-state index in [4.69, 9.17) is 9.97 Å². The van der Waals surface area contributed by atoms with Crippen LogP contribution in [0.15, 0.2) is 24.4 Å². The van der Waals surface area contributed by atoms with Crippen LogP contribution in [0.4, 0.5) is 5.82 Å². The van der Waals surface area contributed by atoms with Crippen LogP contribution in [0.2, 0.25) is 0 Å². The lowest BCUT2D eigenvalue weighted by atomic mass is 9.82. The first-order valence-corrected chi connectivity index (χ1v) is 14.0. The fourth-order valence-corrected chi connectivity index (χ4v) is 4.80. The largest absolute Gasteiger partial charge is 0.364 e. The van der Waals surface area contributed by atoms with Gasteiger partial charge in [0.2, 0.25) is 0 Å². The van der Waals surface area contributed by atoms with Crippen LogP contribution in [0.3, 0.4) is 0 Å². The monoisotopic (exact) mass is 493 g/mol. The number of nitrogens with one attached hydrogen (secondary N) is 2. The van der Waals surface area contributed by atoms with Crippen molar-refractivity contribution in [3.05, 3.63) is 30.0 Å². The molecule has 0 fully saturated rings. The Morgan fingerprint density at radius 2 is 1.67 bits per heavy atom. The minimum Gasteiger partial charge on any atom is -0.364 e. The summed E-state index contributed by atoms with van der Waals surface area (Å²) in [7, 11) is 2.01. The average Bonchev–Trinajstić information content (AvgIpc) is 3.44. The summed E-state index contributed by atoms with van der Waals surface area (Å²) >= 11 is 0. The third kappa shape index (κ3) is 6.77. The van der Waals surface area contributed by atoms with Gasteiger partial charge in [-0.2, -0.15) is 0 Å².